The number of hydrogen-bond acceptors (Lipinski definition) is 2. The summed E-state index contributed by atoms with van der Waals surface area (Å²) in [6, 6.07) is 4.70. The Hall–Kier alpha value is -1.22. The monoisotopic (exact) mass is 221 g/mol. The molecule has 1 fully saturated rings. The predicted octanol–water partition coefficient (Wildman–Crippen LogP) is 2.44. The Labute approximate surface area is 94.6 Å². The summed E-state index contributed by atoms with van der Waals surface area (Å²) in [6.45, 7) is 1.67. The molecule has 3 heteroatoms. The molecular formula is C13H16FNO. The zero-order valence-corrected chi connectivity index (χ0v) is 9.37. The van der Waals surface area contributed by atoms with Gasteiger partial charge in [0.05, 0.1) is 0 Å². The van der Waals surface area contributed by atoms with E-state index in [-0.39, 0.29) is 23.6 Å². The summed E-state index contributed by atoms with van der Waals surface area (Å²) in [7, 11) is 0. The minimum Gasteiger partial charge on any atom is -0.328 e. The van der Waals surface area contributed by atoms with Gasteiger partial charge in [0.1, 0.15) is 5.82 Å². The lowest BCUT2D eigenvalue weighted by molar-refractivity contribution is 0.0921. The Morgan fingerprint density at radius 3 is 2.75 bits per heavy atom. The number of halogens is 1. The van der Waals surface area contributed by atoms with Gasteiger partial charge >= 0.3 is 0 Å². The highest BCUT2D eigenvalue weighted by Crippen LogP contribution is 2.27. The largest absolute Gasteiger partial charge is 0.328 e. The van der Waals surface area contributed by atoms with Crippen LogP contribution < -0.4 is 5.73 Å². The van der Waals surface area contributed by atoms with Crippen molar-refractivity contribution >= 4 is 5.78 Å². The van der Waals surface area contributed by atoms with Crippen molar-refractivity contribution in [2.45, 2.75) is 32.2 Å². The van der Waals surface area contributed by atoms with Gasteiger partial charge in [-0.2, -0.15) is 0 Å². The summed E-state index contributed by atoms with van der Waals surface area (Å²) in [5, 5.41) is 0. The lowest BCUT2D eigenvalue weighted by Crippen LogP contribution is -2.18. The van der Waals surface area contributed by atoms with Crippen LogP contribution >= 0.6 is 0 Å². The first kappa shape index (κ1) is 11.3. The van der Waals surface area contributed by atoms with Gasteiger partial charge < -0.3 is 5.73 Å². The van der Waals surface area contributed by atoms with Gasteiger partial charge in [-0.05, 0) is 49.9 Å². The van der Waals surface area contributed by atoms with Crippen LogP contribution in [0.3, 0.4) is 0 Å². The van der Waals surface area contributed by atoms with Crippen LogP contribution in [0.4, 0.5) is 4.39 Å². The Morgan fingerprint density at radius 1 is 1.44 bits per heavy atom. The second kappa shape index (κ2) is 4.34. The smallest absolute Gasteiger partial charge is 0.166 e. The third kappa shape index (κ3) is 2.14. The molecule has 86 valence electrons. The molecule has 0 radical (unpaired) electrons. The highest BCUT2D eigenvalue weighted by molar-refractivity contribution is 5.98. The van der Waals surface area contributed by atoms with Crippen molar-refractivity contribution in [3.05, 3.63) is 35.1 Å². The molecule has 0 aliphatic heterocycles. The maximum absolute atomic E-state index is 13.1. The molecule has 0 saturated heterocycles. The maximum atomic E-state index is 13.1. The molecule has 1 aromatic rings. The number of rotatable bonds is 2. The van der Waals surface area contributed by atoms with Crippen LogP contribution in [-0.4, -0.2) is 11.8 Å². The minimum atomic E-state index is -0.264. The van der Waals surface area contributed by atoms with Gasteiger partial charge in [-0.3, -0.25) is 4.79 Å². The second-order valence-electron chi connectivity index (χ2n) is 4.60. The number of hydrogen-bond donors (Lipinski definition) is 1. The maximum Gasteiger partial charge on any atom is 0.166 e. The van der Waals surface area contributed by atoms with Crippen molar-refractivity contribution in [2.24, 2.45) is 11.7 Å². The van der Waals surface area contributed by atoms with E-state index in [1.165, 1.54) is 6.07 Å². The fraction of sp³-hybridized carbons (Fsp3) is 0.462. The summed E-state index contributed by atoms with van der Waals surface area (Å²) in [6.07, 6.45) is 2.53. The number of carbonyl (C=O) groups is 1. The molecule has 2 unspecified atom stereocenters. The number of Topliss-reactive ketones (excluding diaryl/α,β-unsaturated/α-hetero) is 1. The van der Waals surface area contributed by atoms with E-state index in [1.54, 1.807) is 19.1 Å². The molecule has 0 bridgehead atoms. The van der Waals surface area contributed by atoms with Crippen molar-refractivity contribution in [1.82, 2.24) is 0 Å². The van der Waals surface area contributed by atoms with E-state index < -0.39 is 0 Å². The summed E-state index contributed by atoms with van der Waals surface area (Å²) in [5.74, 6) is -0.129. The van der Waals surface area contributed by atoms with E-state index in [0.717, 1.165) is 19.3 Å². The zero-order chi connectivity index (χ0) is 11.7. The molecule has 0 amide bonds. The summed E-state index contributed by atoms with van der Waals surface area (Å²) in [4.78, 5) is 12.1. The van der Waals surface area contributed by atoms with E-state index in [9.17, 15) is 9.18 Å². The van der Waals surface area contributed by atoms with Gasteiger partial charge in [-0.1, -0.05) is 0 Å². The molecule has 1 aliphatic carbocycles. The van der Waals surface area contributed by atoms with Crippen molar-refractivity contribution in [1.29, 1.82) is 0 Å². The Kier molecular flexibility index (Phi) is 3.06. The average Bonchev–Trinajstić information content (AvgIpc) is 2.68. The van der Waals surface area contributed by atoms with Gasteiger partial charge in [0, 0.05) is 17.5 Å². The first-order chi connectivity index (χ1) is 7.58. The Morgan fingerprint density at radius 2 is 2.19 bits per heavy atom. The molecular weight excluding hydrogens is 205 g/mol. The highest BCUT2D eigenvalue weighted by Gasteiger charge is 2.28. The number of benzene rings is 1. The van der Waals surface area contributed by atoms with E-state index >= 15 is 0 Å². The van der Waals surface area contributed by atoms with Crippen molar-refractivity contribution < 1.29 is 9.18 Å². The van der Waals surface area contributed by atoms with Gasteiger partial charge in [0.25, 0.3) is 0 Å². The van der Waals surface area contributed by atoms with Gasteiger partial charge in [0.2, 0.25) is 0 Å². The third-order valence-electron chi connectivity index (χ3n) is 3.29. The summed E-state index contributed by atoms with van der Waals surface area (Å²) >= 11 is 0. The minimum absolute atomic E-state index is 0.0276. The highest BCUT2D eigenvalue weighted by atomic mass is 19.1. The second-order valence-corrected chi connectivity index (χ2v) is 4.60. The van der Waals surface area contributed by atoms with Crippen LogP contribution in [0.1, 0.15) is 35.2 Å². The van der Waals surface area contributed by atoms with Crippen LogP contribution in [0.25, 0.3) is 0 Å². The molecule has 2 N–H and O–H groups in total. The van der Waals surface area contributed by atoms with Gasteiger partial charge in [0.15, 0.2) is 5.78 Å². The van der Waals surface area contributed by atoms with Crippen molar-refractivity contribution in [2.75, 3.05) is 0 Å². The SMILES string of the molecule is Cc1cc(C(=O)C2CCC(N)C2)ccc1F. The number of ketones is 1. The van der Waals surface area contributed by atoms with Crippen LogP contribution in [0.15, 0.2) is 18.2 Å². The quantitative estimate of drug-likeness (QED) is 0.779. The molecule has 2 rings (SSSR count). The summed E-state index contributed by atoms with van der Waals surface area (Å²) < 4.78 is 13.1. The standard InChI is InChI=1S/C13H16FNO/c1-8-6-9(3-5-12(8)14)13(16)10-2-4-11(15)7-10/h3,5-6,10-11H,2,4,7,15H2,1H3. The fourth-order valence-electron chi connectivity index (χ4n) is 2.29. The molecule has 2 nitrogen and oxygen atoms in total. The van der Waals surface area contributed by atoms with E-state index in [0.29, 0.717) is 11.1 Å². The molecule has 1 aliphatic rings. The topological polar surface area (TPSA) is 43.1 Å². The Bertz CT molecular complexity index is 416. The molecule has 0 aromatic heterocycles. The van der Waals surface area contributed by atoms with Crippen LogP contribution in [-0.2, 0) is 0 Å². The average molecular weight is 221 g/mol. The number of carbonyl (C=O) groups excluding carboxylic acids is 1. The van der Waals surface area contributed by atoms with Crippen molar-refractivity contribution in [3.8, 4) is 0 Å². The van der Waals surface area contributed by atoms with Gasteiger partial charge in [-0.25, -0.2) is 4.39 Å². The first-order valence-electron chi connectivity index (χ1n) is 5.64. The number of aryl methyl sites for hydroxylation is 1. The molecule has 2 atom stereocenters. The van der Waals surface area contributed by atoms with E-state index in [4.69, 9.17) is 5.73 Å². The third-order valence-corrected chi connectivity index (χ3v) is 3.29. The molecule has 16 heavy (non-hydrogen) atoms. The predicted molar refractivity (Wildman–Crippen MR) is 60.8 cm³/mol. The normalized spacial score (nSPS) is 24.7. The van der Waals surface area contributed by atoms with Crippen molar-refractivity contribution in [3.63, 3.8) is 0 Å². The first-order valence-corrected chi connectivity index (χ1v) is 5.64. The fourth-order valence-corrected chi connectivity index (χ4v) is 2.29. The van der Waals surface area contributed by atoms with Crippen LogP contribution in [0.5, 0.6) is 0 Å². The van der Waals surface area contributed by atoms with Crippen LogP contribution in [0, 0.1) is 18.7 Å². The van der Waals surface area contributed by atoms with E-state index in [2.05, 4.69) is 0 Å². The molecule has 0 spiro atoms. The Balaban J connectivity index is 2.18. The summed E-state index contributed by atoms with van der Waals surface area (Å²) in [5.41, 5.74) is 6.91. The lowest BCUT2D eigenvalue weighted by atomic mass is 9.95. The van der Waals surface area contributed by atoms with Crippen LogP contribution in [0.2, 0.25) is 0 Å². The molecule has 1 saturated carbocycles. The molecule has 0 heterocycles. The molecule has 1 aromatic carbocycles. The van der Waals surface area contributed by atoms with E-state index in [1.807, 2.05) is 0 Å². The lowest BCUT2D eigenvalue weighted by Gasteiger charge is -2.09. The number of nitrogens with two attached hydrogens (primary N) is 1. The zero-order valence-electron chi connectivity index (χ0n) is 9.37. The van der Waals surface area contributed by atoms with Gasteiger partial charge in [-0.15, -0.1) is 0 Å².